The van der Waals surface area contributed by atoms with Crippen molar-refractivity contribution in [1.29, 1.82) is 0 Å². The average Bonchev–Trinajstić information content (AvgIpc) is 2.60. The zero-order chi connectivity index (χ0) is 16.9. The molecule has 24 heavy (non-hydrogen) atoms. The van der Waals surface area contributed by atoms with E-state index in [1.54, 1.807) is 30.4 Å². The van der Waals surface area contributed by atoms with Crippen LogP contribution >= 0.6 is 0 Å². The molecule has 3 aromatic carbocycles. The van der Waals surface area contributed by atoms with Crippen LogP contribution in [0.1, 0.15) is 11.1 Å². The summed E-state index contributed by atoms with van der Waals surface area (Å²) in [6.45, 7) is 0. The molecule has 0 aliphatic heterocycles. The van der Waals surface area contributed by atoms with E-state index < -0.39 is 0 Å². The van der Waals surface area contributed by atoms with Crippen LogP contribution in [0.4, 0.5) is 0 Å². The minimum absolute atomic E-state index is 0.0154. The molecule has 0 saturated carbocycles. The van der Waals surface area contributed by atoms with Crippen LogP contribution in [-0.4, -0.2) is 18.0 Å². The van der Waals surface area contributed by atoms with Crippen LogP contribution in [0.15, 0.2) is 66.7 Å². The maximum Gasteiger partial charge on any atom is 0.160 e. The van der Waals surface area contributed by atoms with Gasteiger partial charge in [-0.25, -0.2) is 0 Å². The summed E-state index contributed by atoms with van der Waals surface area (Å²) in [6, 6.07) is 19.1. The van der Waals surface area contributed by atoms with E-state index in [1.165, 1.54) is 7.11 Å². The van der Waals surface area contributed by atoms with Crippen molar-refractivity contribution in [2.75, 3.05) is 7.11 Å². The normalized spacial score (nSPS) is 11.0. The summed E-state index contributed by atoms with van der Waals surface area (Å²) in [7, 11) is 1.50. The number of hydrogen-bond acceptors (Lipinski definition) is 3. The fourth-order valence-electron chi connectivity index (χ4n) is 2.69. The van der Waals surface area contributed by atoms with Gasteiger partial charge in [-0.3, -0.25) is 4.79 Å². The van der Waals surface area contributed by atoms with Crippen molar-refractivity contribution in [2.24, 2.45) is 0 Å². The molecule has 0 atom stereocenters. The number of carbonyl (C=O) groups is 1. The zero-order valence-corrected chi connectivity index (χ0v) is 13.4. The third-order valence-corrected chi connectivity index (χ3v) is 3.91. The predicted molar refractivity (Wildman–Crippen MR) is 96.4 cm³/mol. The Balaban J connectivity index is 1.76. The van der Waals surface area contributed by atoms with Crippen molar-refractivity contribution in [3.05, 3.63) is 77.9 Å². The van der Waals surface area contributed by atoms with Gasteiger partial charge < -0.3 is 9.84 Å². The molecule has 3 rings (SSSR count). The molecule has 3 nitrogen and oxygen atoms in total. The first kappa shape index (κ1) is 15.8. The highest BCUT2D eigenvalue weighted by Crippen LogP contribution is 2.26. The molecule has 3 heteroatoms. The highest BCUT2D eigenvalue weighted by molar-refractivity contribution is 5.98. The van der Waals surface area contributed by atoms with E-state index in [2.05, 4.69) is 0 Å². The number of benzene rings is 3. The van der Waals surface area contributed by atoms with Gasteiger partial charge in [-0.05, 0) is 40.1 Å². The molecule has 0 aromatic heterocycles. The lowest BCUT2D eigenvalue weighted by Gasteiger charge is -2.05. The second kappa shape index (κ2) is 7.01. The second-order valence-electron chi connectivity index (χ2n) is 5.55. The number of aromatic hydroxyl groups is 1. The summed E-state index contributed by atoms with van der Waals surface area (Å²) < 4.78 is 5.00. The van der Waals surface area contributed by atoms with Crippen molar-refractivity contribution in [3.63, 3.8) is 0 Å². The van der Waals surface area contributed by atoms with Gasteiger partial charge in [0, 0.05) is 6.42 Å². The topological polar surface area (TPSA) is 46.5 Å². The molecule has 0 aliphatic carbocycles. The van der Waals surface area contributed by atoms with Crippen molar-refractivity contribution in [3.8, 4) is 11.5 Å². The van der Waals surface area contributed by atoms with Crippen LogP contribution in [0, 0.1) is 0 Å². The molecule has 0 bridgehead atoms. The number of fused-ring (bicyclic) bond motifs is 1. The quantitative estimate of drug-likeness (QED) is 0.710. The van der Waals surface area contributed by atoms with Crippen LogP contribution in [0.5, 0.6) is 11.5 Å². The Morgan fingerprint density at radius 3 is 2.67 bits per heavy atom. The van der Waals surface area contributed by atoms with Gasteiger partial charge in [-0.2, -0.15) is 0 Å². The van der Waals surface area contributed by atoms with Crippen molar-refractivity contribution < 1.29 is 14.6 Å². The van der Waals surface area contributed by atoms with Crippen molar-refractivity contribution in [2.45, 2.75) is 6.42 Å². The van der Waals surface area contributed by atoms with Gasteiger partial charge in [0.05, 0.1) is 7.11 Å². The van der Waals surface area contributed by atoms with E-state index in [0.29, 0.717) is 12.2 Å². The standard InChI is InChI=1S/C21H18O3/c1-24-21-12-10-15(13-20(21)23)9-11-18(22)14-17-7-4-6-16-5-2-3-8-19(16)17/h2-13,23H,14H2,1H3/b11-9+. The SMILES string of the molecule is COc1ccc(/C=C/C(=O)Cc2cccc3ccccc23)cc1O. The van der Waals surface area contributed by atoms with Gasteiger partial charge in [-0.1, -0.05) is 54.6 Å². The molecule has 0 heterocycles. The molecular formula is C21H18O3. The third-order valence-electron chi connectivity index (χ3n) is 3.91. The Labute approximate surface area is 140 Å². The first-order valence-corrected chi connectivity index (χ1v) is 7.72. The lowest BCUT2D eigenvalue weighted by Crippen LogP contribution is -1.99. The van der Waals surface area contributed by atoms with Gasteiger partial charge in [0.15, 0.2) is 17.3 Å². The van der Waals surface area contributed by atoms with Crippen molar-refractivity contribution >= 4 is 22.6 Å². The Morgan fingerprint density at radius 1 is 1.08 bits per heavy atom. The van der Waals surface area contributed by atoms with Crippen LogP contribution in [0.25, 0.3) is 16.8 Å². The Morgan fingerprint density at radius 2 is 1.88 bits per heavy atom. The minimum atomic E-state index is 0.0154. The molecule has 0 radical (unpaired) electrons. The van der Waals surface area contributed by atoms with Crippen LogP contribution in [0.3, 0.4) is 0 Å². The van der Waals surface area contributed by atoms with Crippen molar-refractivity contribution in [1.82, 2.24) is 0 Å². The number of ether oxygens (including phenoxy) is 1. The van der Waals surface area contributed by atoms with E-state index in [0.717, 1.165) is 21.9 Å². The van der Waals surface area contributed by atoms with Crippen LogP contribution in [-0.2, 0) is 11.2 Å². The van der Waals surface area contributed by atoms with Gasteiger partial charge in [0.2, 0.25) is 0 Å². The number of phenols is 1. The first-order valence-electron chi connectivity index (χ1n) is 7.72. The lowest BCUT2D eigenvalue weighted by molar-refractivity contribution is -0.113. The highest BCUT2D eigenvalue weighted by Gasteiger charge is 2.05. The van der Waals surface area contributed by atoms with E-state index in [9.17, 15) is 9.90 Å². The van der Waals surface area contributed by atoms with E-state index in [-0.39, 0.29) is 11.5 Å². The molecule has 0 fully saturated rings. The fourth-order valence-corrected chi connectivity index (χ4v) is 2.69. The molecule has 3 aromatic rings. The molecule has 0 spiro atoms. The number of hydrogen-bond donors (Lipinski definition) is 1. The zero-order valence-electron chi connectivity index (χ0n) is 13.4. The summed E-state index contributed by atoms with van der Waals surface area (Å²) in [5.74, 6) is 0.483. The third kappa shape index (κ3) is 3.46. The highest BCUT2D eigenvalue weighted by atomic mass is 16.5. The van der Waals surface area contributed by atoms with Gasteiger partial charge in [-0.15, -0.1) is 0 Å². The van der Waals surface area contributed by atoms with Gasteiger partial charge >= 0.3 is 0 Å². The Hall–Kier alpha value is -3.07. The maximum absolute atomic E-state index is 12.3. The lowest BCUT2D eigenvalue weighted by atomic mass is 10.00. The molecule has 120 valence electrons. The summed E-state index contributed by atoms with van der Waals surface area (Å²) in [5, 5.41) is 12.0. The van der Waals surface area contributed by atoms with Gasteiger partial charge in [0.1, 0.15) is 0 Å². The number of phenolic OH excluding ortho intramolecular Hbond substituents is 1. The largest absolute Gasteiger partial charge is 0.504 e. The number of allylic oxidation sites excluding steroid dienone is 1. The second-order valence-corrected chi connectivity index (χ2v) is 5.55. The summed E-state index contributed by atoms with van der Waals surface area (Å²) in [4.78, 5) is 12.3. The fraction of sp³-hybridized carbons (Fsp3) is 0.0952. The first-order chi connectivity index (χ1) is 11.7. The van der Waals surface area contributed by atoms with E-state index in [1.807, 2.05) is 42.5 Å². The smallest absolute Gasteiger partial charge is 0.160 e. The predicted octanol–water partition coefficient (Wildman–Crippen LogP) is 4.38. The van der Waals surface area contributed by atoms with Crippen LogP contribution in [0.2, 0.25) is 0 Å². The number of rotatable bonds is 5. The van der Waals surface area contributed by atoms with E-state index in [4.69, 9.17) is 4.74 Å². The van der Waals surface area contributed by atoms with Gasteiger partial charge in [0.25, 0.3) is 0 Å². The summed E-state index contributed by atoms with van der Waals surface area (Å²) >= 11 is 0. The Kier molecular flexibility index (Phi) is 4.62. The molecule has 0 aliphatic rings. The summed E-state index contributed by atoms with van der Waals surface area (Å²) in [6.07, 6.45) is 3.59. The van der Waals surface area contributed by atoms with E-state index >= 15 is 0 Å². The number of carbonyl (C=O) groups excluding carboxylic acids is 1. The summed E-state index contributed by atoms with van der Waals surface area (Å²) in [5.41, 5.74) is 1.76. The van der Waals surface area contributed by atoms with Crippen LogP contribution < -0.4 is 4.74 Å². The minimum Gasteiger partial charge on any atom is -0.504 e. The average molecular weight is 318 g/mol. The maximum atomic E-state index is 12.3. The molecule has 1 N–H and O–H groups in total. The number of ketones is 1. The number of methoxy groups -OCH3 is 1. The molecule has 0 saturated heterocycles. The molecular weight excluding hydrogens is 300 g/mol. The molecule has 0 amide bonds. The molecule has 0 unspecified atom stereocenters. The monoisotopic (exact) mass is 318 g/mol. The Bertz CT molecular complexity index is 905.